The Morgan fingerprint density at radius 3 is 2.32 bits per heavy atom. The largest absolute Gasteiger partial charge is 0.326 e. The van der Waals surface area contributed by atoms with Gasteiger partial charge in [0.15, 0.2) is 0 Å². The summed E-state index contributed by atoms with van der Waals surface area (Å²) >= 11 is 0. The summed E-state index contributed by atoms with van der Waals surface area (Å²) in [5, 5.41) is 5.65. The molecule has 2 N–H and O–H groups in total. The molecule has 110 valence electrons. The fourth-order valence-electron chi connectivity index (χ4n) is 2.20. The van der Waals surface area contributed by atoms with Crippen LogP contribution < -0.4 is 10.9 Å². The zero-order valence-corrected chi connectivity index (χ0v) is 11.8. The van der Waals surface area contributed by atoms with Gasteiger partial charge in [0.25, 0.3) is 5.56 Å². The van der Waals surface area contributed by atoms with Gasteiger partial charge in [0.1, 0.15) is 0 Å². The average Bonchev–Trinajstić information content (AvgIpc) is 2.90. The highest BCUT2D eigenvalue weighted by molar-refractivity contribution is 5.92. The molecule has 22 heavy (non-hydrogen) atoms. The summed E-state index contributed by atoms with van der Waals surface area (Å²) in [6, 6.07) is 18.4. The standard InChI is InChI=1S/C17H15N3O2/c21-16(19-14-7-3-1-4-8-14)11-13-12-18-20(17(13)22)15-9-5-2-6-10-15/h1-10,12,18H,11H2,(H,19,21). The van der Waals surface area contributed by atoms with Gasteiger partial charge >= 0.3 is 0 Å². The first-order chi connectivity index (χ1) is 10.7. The zero-order valence-electron chi connectivity index (χ0n) is 11.8. The number of anilines is 1. The Kier molecular flexibility index (Phi) is 3.87. The number of aromatic amines is 1. The third-order valence-corrected chi connectivity index (χ3v) is 3.27. The Balaban J connectivity index is 1.75. The minimum Gasteiger partial charge on any atom is -0.326 e. The monoisotopic (exact) mass is 293 g/mol. The smallest absolute Gasteiger partial charge is 0.274 e. The molecule has 1 heterocycles. The molecule has 0 radical (unpaired) electrons. The SMILES string of the molecule is O=C(Cc1c[nH]n(-c2ccccc2)c1=O)Nc1ccccc1. The number of nitrogens with one attached hydrogen (secondary N) is 2. The van der Waals surface area contributed by atoms with E-state index in [2.05, 4.69) is 10.4 Å². The highest BCUT2D eigenvalue weighted by Crippen LogP contribution is 2.07. The van der Waals surface area contributed by atoms with E-state index in [0.29, 0.717) is 11.3 Å². The van der Waals surface area contributed by atoms with Crippen LogP contribution in [0.3, 0.4) is 0 Å². The van der Waals surface area contributed by atoms with Crippen molar-refractivity contribution in [3.63, 3.8) is 0 Å². The van der Waals surface area contributed by atoms with Crippen molar-refractivity contribution in [3.05, 3.63) is 82.8 Å². The van der Waals surface area contributed by atoms with Gasteiger partial charge in [-0.3, -0.25) is 14.7 Å². The minimum absolute atomic E-state index is 0.0318. The molecule has 0 saturated carbocycles. The summed E-state index contributed by atoms with van der Waals surface area (Å²) < 4.78 is 1.42. The molecule has 1 aromatic heterocycles. The van der Waals surface area contributed by atoms with E-state index in [9.17, 15) is 9.59 Å². The molecule has 5 heteroatoms. The lowest BCUT2D eigenvalue weighted by Gasteiger charge is -2.03. The van der Waals surface area contributed by atoms with Crippen LogP contribution in [0.25, 0.3) is 5.69 Å². The van der Waals surface area contributed by atoms with Crippen LogP contribution in [0.4, 0.5) is 5.69 Å². The fourth-order valence-corrected chi connectivity index (χ4v) is 2.20. The molecular formula is C17H15N3O2. The highest BCUT2D eigenvalue weighted by atomic mass is 16.2. The number of rotatable bonds is 4. The average molecular weight is 293 g/mol. The first-order valence-electron chi connectivity index (χ1n) is 6.93. The van der Waals surface area contributed by atoms with Crippen LogP contribution in [0.2, 0.25) is 0 Å². The lowest BCUT2D eigenvalue weighted by atomic mass is 10.2. The Hall–Kier alpha value is -3.08. The number of carbonyl (C=O) groups is 1. The first kappa shape index (κ1) is 13.9. The van der Waals surface area contributed by atoms with Gasteiger partial charge in [0.2, 0.25) is 5.91 Å². The maximum absolute atomic E-state index is 12.3. The van der Waals surface area contributed by atoms with E-state index in [1.807, 2.05) is 48.5 Å². The predicted molar refractivity (Wildman–Crippen MR) is 85.2 cm³/mol. The molecule has 0 bridgehead atoms. The van der Waals surface area contributed by atoms with E-state index in [1.54, 1.807) is 18.3 Å². The molecule has 0 fully saturated rings. The Morgan fingerprint density at radius 1 is 1.00 bits per heavy atom. The molecule has 0 spiro atoms. The number of aromatic nitrogens is 2. The second kappa shape index (κ2) is 6.13. The molecule has 0 saturated heterocycles. The van der Waals surface area contributed by atoms with Crippen LogP contribution in [0.15, 0.2) is 71.7 Å². The number of para-hydroxylation sites is 2. The first-order valence-corrected chi connectivity index (χ1v) is 6.93. The number of hydrogen-bond acceptors (Lipinski definition) is 2. The van der Waals surface area contributed by atoms with E-state index < -0.39 is 0 Å². The molecule has 0 aliphatic carbocycles. The van der Waals surface area contributed by atoms with Gasteiger partial charge in [0.05, 0.1) is 12.1 Å². The summed E-state index contributed by atoms with van der Waals surface area (Å²) in [5.74, 6) is -0.220. The van der Waals surface area contributed by atoms with Crippen LogP contribution >= 0.6 is 0 Å². The van der Waals surface area contributed by atoms with E-state index in [0.717, 1.165) is 5.69 Å². The van der Waals surface area contributed by atoms with E-state index in [1.165, 1.54) is 4.68 Å². The summed E-state index contributed by atoms with van der Waals surface area (Å²) in [4.78, 5) is 24.3. The van der Waals surface area contributed by atoms with Gasteiger partial charge < -0.3 is 5.32 Å². The molecule has 1 amide bonds. The van der Waals surface area contributed by atoms with Crippen molar-refractivity contribution in [2.45, 2.75) is 6.42 Å². The van der Waals surface area contributed by atoms with Gasteiger partial charge in [-0.25, -0.2) is 4.68 Å². The molecule has 0 aliphatic rings. The molecule has 0 unspecified atom stereocenters. The molecule has 3 aromatic rings. The number of carbonyl (C=O) groups excluding carboxylic acids is 1. The van der Waals surface area contributed by atoms with Gasteiger partial charge in [-0.2, -0.15) is 0 Å². The summed E-state index contributed by atoms with van der Waals surface area (Å²) in [6.07, 6.45) is 1.60. The van der Waals surface area contributed by atoms with Gasteiger partial charge in [-0.1, -0.05) is 36.4 Å². The van der Waals surface area contributed by atoms with E-state index in [-0.39, 0.29) is 17.9 Å². The molecule has 3 rings (SSSR count). The highest BCUT2D eigenvalue weighted by Gasteiger charge is 2.11. The topological polar surface area (TPSA) is 66.9 Å². The summed E-state index contributed by atoms with van der Waals surface area (Å²) in [6.45, 7) is 0. The van der Waals surface area contributed by atoms with Crippen LogP contribution in [0.5, 0.6) is 0 Å². The summed E-state index contributed by atoms with van der Waals surface area (Å²) in [7, 11) is 0. The van der Waals surface area contributed by atoms with E-state index in [4.69, 9.17) is 0 Å². The second-order valence-corrected chi connectivity index (χ2v) is 4.87. The fraction of sp³-hybridized carbons (Fsp3) is 0.0588. The minimum atomic E-state index is -0.220. The lowest BCUT2D eigenvalue weighted by molar-refractivity contribution is -0.115. The van der Waals surface area contributed by atoms with Gasteiger partial charge in [0, 0.05) is 17.4 Å². The molecule has 5 nitrogen and oxygen atoms in total. The van der Waals surface area contributed by atoms with Crippen LogP contribution in [-0.2, 0) is 11.2 Å². The zero-order chi connectivity index (χ0) is 15.4. The summed E-state index contributed by atoms with van der Waals surface area (Å²) in [5.41, 5.74) is 1.67. The van der Waals surface area contributed by atoms with E-state index >= 15 is 0 Å². The van der Waals surface area contributed by atoms with Crippen molar-refractivity contribution < 1.29 is 4.79 Å². The quantitative estimate of drug-likeness (QED) is 0.775. The van der Waals surface area contributed by atoms with Crippen LogP contribution in [0, 0.1) is 0 Å². The third-order valence-electron chi connectivity index (χ3n) is 3.27. The van der Waals surface area contributed by atoms with Crippen molar-refractivity contribution in [2.24, 2.45) is 0 Å². The van der Waals surface area contributed by atoms with Crippen molar-refractivity contribution in [3.8, 4) is 5.69 Å². The predicted octanol–water partition coefficient (Wildman–Crippen LogP) is 2.35. The Labute approximate surface area is 127 Å². The maximum Gasteiger partial charge on any atom is 0.274 e. The lowest BCUT2D eigenvalue weighted by Crippen LogP contribution is -2.22. The molecule has 0 atom stereocenters. The van der Waals surface area contributed by atoms with Crippen molar-refractivity contribution in [1.29, 1.82) is 0 Å². The van der Waals surface area contributed by atoms with Gasteiger partial charge in [-0.05, 0) is 24.3 Å². The number of amides is 1. The maximum atomic E-state index is 12.3. The van der Waals surface area contributed by atoms with Crippen LogP contribution in [0.1, 0.15) is 5.56 Å². The number of H-pyrrole nitrogens is 1. The molecular weight excluding hydrogens is 278 g/mol. The Bertz CT molecular complexity index is 820. The number of nitrogens with zero attached hydrogens (tertiary/aromatic N) is 1. The number of benzene rings is 2. The molecule has 2 aromatic carbocycles. The molecule has 0 aliphatic heterocycles. The van der Waals surface area contributed by atoms with Crippen LogP contribution in [-0.4, -0.2) is 15.7 Å². The number of hydrogen-bond donors (Lipinski definition) is 2. The normalized spacial score (nSPS) is 10.4. The Morgan fingerprint density at radius 2 is 1.64 bits per heavy atom. The van der Waals surface area contributed by atoms with Crippen molar-refractivity contribution in [2.75, 3.05) is 5.32 Å². The van der Waals surface area contributed by atoms with Gasteiger partial charge in [-0.15, -0.1) is 0 Å². The van der Waals surface area contributed by atoms with Crippen molar-refractivity contribution in [1.82, 2.24) is 9.78 Å². The second-order valence-electron chi connectivity index (χ2n) is 4.87. The van der Waals surface area contributed by atoms with Crippen molar-refractivity contribution >= 4 is 11.6 Å². The third kappa shape index (κ3) is 2.98.